The Hall–Kier alpha value is -1.83. The van der Waals surface area contributed by atoms with E-state index in [2.05, 4.69) is 0 Å². The molecule has 126 valence electrons. The largest absolute Gasteiger partial charge is 0.377 e. The van der Waals surface area contributed by atoms with Crippen LogP contribution in [0, 0.1) is 0 Å². The first kappa shape index (κ1) is 17.5. The molecule has 0 saturated heterocycles. The maximum absolute atomic E-state index is 12.1. The standard InChI is InChI=1S/C16H20FNO5/c17-5-7-21-9-11-23-12-10-22-8-6-18-15(19)13-3-1-2-4-14(13)16(18)20/h1-4H,5-12H2. The Morgan fingerprint density at radius 3 is 1.78 bits per heavy atom. The van der Waals surface area contributed by atoms with Crippen molar-refractivity contribution >= 4 is 11.8 Å². The van der Waals surface area contributed by atoms with E-state index in [4.69, 9.17) is 14.2 Å². The molecule has 1 heterocycles. The van der Waals surface area contributed by atoms with Gasteiger partial charge in [-0.3, -0.25) is 14.5 Å². The Balaban J connectivity index is 1.57. The number of alkyl halides is 1. The van der Waals surface area contributed by atoms with E-state index in [0.717, 1.165) is 0 Å². The van der Waals surface area contributed by atoms with Gasteiger partial charge in [0.25, 0.3) is 11.8 Å². The summed E-state index contributed by atoms with van der Waals surface area (Å²) >= 11 is 0. The molecule has 0 bridgehead atoms. The number of imide groups is 1. The predicted molar refractivity (Wildman–Crippen MR) is 80.2 cm³/mol. The third kappa shape index (κ3) is 4.82. The van der Waals surface area contributed by atoms with Gasteiger partial charge in [-0.2, -0.15) is 0 Å². The lowest BCUT2D eigenvalue weighted by molar-refractivity contribution is 0.00931. The zero-order valence-corrected chi connectivity index (χ0v) is 12.8. The minimum absolute atomic E-state index is 0.0835. The summed E-state index contributed by atoms with van der Waals surface area (Å²) in [5, 5.41) is 0. The van der Waals surface area contributed by atoms with Crippen LogP contribution < -0.4 is 0 Å². The number of amides is 2. The van der Waals surface area contributed by atoms with Crippen LogP contribution in [0.25, 0.3) is 0 Å². The van der Waals surface area contributed by atoms with E-state index >= 15 is 0 Å². The van der Waals surface area contributed by atoms with E-state index in [-0.39, 0.29) is 31.6 Å². The number of benzene rings is 1. The zero-order chi connectivity index (χ0) is 16.5. The summed E-state index contributed by atoms with van der Waals surface area (Å²) in [5.74, 6) is -0.564. The maximum Gasteiger partial charge on any atom is 0.261 e. The van der Waals surface area contributed by atoms with Crippen LogP contribution in [0.5, 0.6) is 0 Å². The minimum Gasteiger partial charge on any atom is -0.377 e. The van der Waals surface area contributed by atoms with E-state index < -0.39 is 6.67 Å². The second-order valence-corrected chi connectivity index (χ2v) is 4.83. The molecule has 2 amide bonds. The molecule has 0 atom stereocenters. The molecular formula is C16H20FNO5. The summed E-state index contributed by atoms with van der Waals surface area (Å²) in [7, 11) is 0. The zero-order valence-electron chi connectivity index (χ0n) is 12.8. The Morgan fingerprint density at radius 2 is 1.26 bits per heavy atom. The maximum atomic E-state index is 12.1. The Labute approximate surface area is 134 Å². The van der Waals surface area contributed by atoms with E-state index in [1.807, 2.05) is 0 Å². The van der Waals surface area contributed by atoms with Gasteiger partial charge in [0.05, 0.1) is 57.3 Å². The lowest BCUT2D eigenvalue weighted by Gasteiger charge is -2.13. The van der Waals surface area contributed by atoms with Gasteiger partial charge in [-0.25, -0.2) is 4.39 Å². The highest BCUT2D eigenvalue weighted by Crippen LogP contribution is 2.21. The second-order valence-electron chi connectivity index (χ2n) is 4.83. The SMILES string of the molecule is O=C1c2ccccc2C(=O)N1CCOCCOCCOCCF. The third-order valence-electron chi connectivity index (χ3n) is 3.30. The van der Waals surface area contributed by atoms with Crippen molar-refractivity contribution in [2.45, 2.75) is 0 Å². The van der Waals surface area contributed by atoms with Crippen LogP contribution in [0.4, 0.5) is 4.39 Å². The molecule has 0 radical (unpaired) electrons. The summed E-state index contributed by atoms with van der Waals surface area (Å²) in [6.07, 6.45) is 0. The Bertz CT molecular complexity index is 502. The molecule has 1 aliphatic rings. The number of hydrogen-bond acceptors (Lipinski definition) is 5. The van der Waals surface area contributed by atoms with Crippen LogP contribution in [0.15, 0.2) is 24.3 Å². The van der Waals surface area contributed by atoms with Crippen molar-refractivity contribution in [3.63, 3.8) is 0 Å². The number of carbonyl (C=O) groups is 2. The molecule has 0 aromatic heterocycles. The molecule has 0 fully saturated rings. The minimum atomic E-state index is -0.499. The quantitative estimate of drug-likeness (QED) is 0.453. The van der Waals surface area contributed by atoms with E-state index in [9.17, 15) is 14.0 Å². The fourth-order valence-corrected chi connectivity index (χ4v) is 2.19. The lowest BCUT2D eigenvalue weighted by atomic mass is 10.1. The van der Waals surface area contributed by atoms with Crippen molar-refractivity contribution in [1.29, 1.82) is 0 Å². The number of ether oxygens (including phenoxy) is 3. The fraction of sp³-hybridized carbons (Fsp3) is 0.500. The van der Waals surface area contributed by atoms with Crippen LogP contribution in [0.2, 0.25) is 0 Å². The van der Waals surface area contributed by atoms with E-state index in [0.29, 0.717) is 37.6 Å². The Morgan fingerprint density at radius 1 is 0.783 bits per heavy atom. The third-order valence-corrected chi connectivity index (χ3v) is 3.30. The van der Waals surface area contributed by atoms with Crippen LogP contribution in [0.3, 0.4) is 0 Å². The van der Waals surface area contributed by atoms with Crippen molar-refractivity contribution in [2.75, 3.05) is 52.9 Å². The first-order valence-electron chi connectivity index (χ1n) is 7.50. The van der Waals surface area contributed by atoms with Crippen molar-refractivity contribution in [2.24, 2.45) is 0 Å². The van der Waals surface area contributed by atoms with Crippen molar-refractivity contribution in [3.05, 3.63) is 35.4 Å². The van der Waals surface area contributed by atoms with Gasteiger partial charge in [0.1, 0.15) is 6.67 Å². The first-order chi connectivity index (χ1) is 11.3. The molecule has 0 spiro atoms. The molecule has 0 N–H and O–H groups in total. The summed E-state index contributed by atoms with van der Waals surface area (Å²) in [4.78, 5) is 25.4. The number of fused-ring (bicyclic) bond motifs is 1. The molecule has 0 saturated carbocycles. The monoisotopic (exact) mass is 325 g/mol. The number of hydrogen-bond donors (Lipinski definition) is 0. The van der Waals surface area contributed by atoms with Crippen LogP contribution in [0.1, 0.15) is 20.7 Å². The van der Waals surface area contributed by atoms with Gasteiger partial charge in [0.15, 0.2) is 0 Å². The molecule has 2 rings (SSSR count). The average molecular weight is 325 g/mol. The summed E-state index contributed by atoms with van der Waals surface area (Å²) in [5.41, 5.74) is 0.878. The van der Waals surface area contributed by atoms with Gasteiger partial charge in [-0.05, 0) is 12.1 Å². The highest BCUT2D eigenvalue weighted by molar-refractivity contribution is 6.21. The topological polar surface area (TPSA) is 65.1 Å². The molecule has 1 aliphatic heterocycles. The van der Waals surface area contributed by atoms with Gasteiger partial charge in [-0.1, -0.05) is 12.1 Å². The van der Waals surface area contributed by atoms with Crippen molar-refractivity contribution < 1.29 is 28.2 Å². The summed E-state index contributed by atoms with van der Waals surface area (Å²) in [6.45, 7) is 1.51. The van der Waals surface area contributed by atoms with Crippen LogP contribution >= 0.6 is 0 Å². The fourth-order valence-electron chi connectivity index (χ4n) is 2.19. The molecule has 1 aromatic carbocycles. The van der Waals surface area contributed by atoms with Gasteiger partial charge < -0.3 is 14.2 Å². The van der Waals surface area contributed by atoms with Crippen LogP contribution in [-0.4, -0.2) is 69.6 Å². The number of halogens is 1. The second kappa shape index (κ2) is 9.34. The molecular weight excluding hydrogens is 305 g/mol. The summed E-state index contributed by atoms with van der Waals surface area (Å²) < 4.78 is 27.2. The smallest absolute Gasteiger partial charge is 0.261 e. The summed E-state index contributed by atoms with van der Waals surface area (Å²) in [6, 6.07) is 6.77. The molecule has 6 nitrogen and oxygen atoms in total. The highest BCUT2D eigenvalue weighted by atomic mass is 19.1. The van der Waals surface area contributed by atoms with Crippen molar-refractivity contribution in [1.82, 2.24) is 4.90 Å². The molecule has 23 heavy (non-hydrogen) atoms. The van der Waals surface area contributed by atoms with Crippen molar-refractivity contribution in [3.8, 4) is 0 Å². The normalized spacial score (nSPS) is 13.7. The lowest BCUT2D eigenvalue weighted by Crippen LogP contribution is -2.33. The van der Waals surface area contributed by atoms with Gasteiger partial charge in [-0.15, -0.1) is 0 Å². The molecule has 7 heteroatoms. The molecule has 0 aliphatic carbocycles. The number of carbonyl (C=O) groups excluding carboxylic acids is 2. The molecule has 0 unspecified atom stereocenters. The highest BCUT2D eigenvalue weighted by Gasteiger charge is 2.34. The molecule has 1 aromatic rings. The predicted octanol–water partition coefficient (Wildman–Crippen LogP) is 1.30. The van der Waals surface area contributed by atoms with E-state index in [1.165, 1.54) is 4.90 Å². The van der Waals surface area contributed by atoms with Gasteiger partial charge in [0, 0.05) is 0 Å². The van der Waals surface area contributed by atoms with Gasteiger partial charge in [0.2, 0.25) is 0 Å². The number of rotatable bonds is 11. The van der Waals surface area contributed by atoms with Crippen LogP contribution in [-0.2, 0) is 14.2 Å². The Kier molecular flexibility index (Phi) is 7.12. The number of nitrogens with zero attached hydrogens (tertiary/aromatic N) is 1. The first-order valence-corrected chi connectivity index (χ1v) is 7.50. The average Bonchev–Trinajstić information content (AvgIpc) is 2.81. The van der Waals surface area contributed by atoms with E-state index in [1.54, 1.807) is 24.3 Å². The van der Waals surface area contributed by atoms with Gasteiger partial charge >= 0.3 is 0 Å².